The summed E-state index contributed by atoms with van der Waals surface area (Å²) in [4.78, 5) is 22.9. The molecule has 8 heteroatoms. The van der Waals surface area contributed by atoms with E-state index in [1.807, 2.05) is 29.3 Å². The monoisotopic (exact) mass is 366 g/mol. The topological polar surface area (TPSA) is 89.9 Å². The van der Waals surface area contributed by atoms with Crippen molar-refractivity contribution in [3.63, 3.8) is 0 Å². The van der Waals surface area contributed by atoms with E-state index in [4.69, 9.17) is 4.52 Å². The Hall–Kier alpha value is -3.03. The molecule has 1 unspecified atom stereocenters. The molecule has 0 aromatic carbocycles. The molecule has 1 amide bonds. The first-order valence-corrected chi connectivity index (χ1v) is 9.26. The van der Waals surface area contributed by atoms with E-state index in [-0.39, 0.29) is 5.91 Å². The molecular weight excluding hydrogens is 344 g/mol. The Bertz CT molecular complexity index is 861. The largest absolute Gasteiger partial charge is 0.341 e. The SMILES string of the molecule is O=C(Cn1cccn1)N1CCCC(CCc2noc(-c3cccnc3)n2)C1. The number of pyridine rings is 1. The van der Waals surface area contributed by atoms with Gasteiger partial charge in [0.2, 0.25) is 5.91 Å². The molecule has 0 spiro atoms. The van der Waals surface area contributed by atoms with Crippen LogP contribution < -0.4 is 0 Å². The van der Waals surface area contributed by atoms with Crippen LogP contribution in [-0.2, 0) is 17.8 Å². The molecule has 0 saturated carbocycles. The lowest BCUT2D eigenvalue weighted by atomic mass is 9.93. The van der Waals surface area contributed by atoms with Gasteiger partial charge in [0.1, 0.15) is 6.54 Å². The first kappa shape index (κ1) is 17.4. The van der Waals surface area contributed by atoms with Crippen LogP contribution in [0.15, 0.2) is 47.5 Å². The van der Waals surface area contributed by atoms with Crippen LogP contribution in [0.5, 0.6) is 0 Å². The number of aryl methyl sites for hydroxylation is 1. The predicted octanol–water partition coefficient (Wildman–Crippen LogP) is 2.20. The summed E-state index contributed by atoms with van der Waals surface area (Å²) in [5.41, 5.74) is 0.823. The van der Waals surface area contributed by atoms with Gasteiger partial charge in [-0.05, 0) is 43.4 Å². The number of nitrogens with zero attached hydrogens (tertiary/aromatic N) is 6. The molecular formula is C19H22N6O2. The first-order chi connectivity index (χ1) is 13.3. The van der Waals surface area contributed by atoms with E-state index in [9.17, 15) is 4.79 Å². The quantitative estimate of drug-likeness (QED) is 0.664. The molecule has 1 aliphatic heterocycles. The van der Waals surface area contributed by atoms with Crippen LogP contribution in [0, 0.1) is 5.92 Å². The average molecular weight is 366 g/mol. The third kappa shape index (κ3) is 4.39. The number of amides is 1. The fraction of sp³-hybridized carbons (Fsp3) is 0.421. The van der Waals surface area contributed by atoms with Crippen LogP contribution in [0.25, 0.3) is 11.5 Å². The van der Waals surface area contributed by atoms with Gasteiger partial charge in [-0.25, -0.2) is 0 Å². The molecule has 0 N–H and O–H groups in total. The summed E-state index contributed by atoms with van der Waals surface area (Å²) in [6, 6.07) is 5.57. The molecule has 1 saturated heterocycles. The van der Waals surface area contributed by atoms with Gasteiger partial charge >= 0.3 is 0 Å². The van der Waals surface area contributed by atoms with Crippen molar-refractivity contribution in [1.29, 1.82) is 0 Å². The van der Waals surface area contributed by atoms with Crippen molar-refractivity contribution in [1.82, 2.24) is 29.8 Å². The van der Waals surface area contributed by atoms with Crippen molar-refractivity contribution in [2.24, 2.45) is 5.92 Å². The van der Waals surface area contributed by atoms with Gasteiger partial charge in [-0.15, -0.1) is 0 Å². The van der Waals surface area contributed by atoms with Gasteiger partial charge in [0.15, 0.2) is 5.82 Å². The highest BCUT2D eigenvalue weighted by molar-refractivity contribution is 5.76. The summed E-state index contributed by atoms with van der Waals surface area (Å²) in [6.45, 7) is 1.91. The Morgan fingerprint density at radius 1 is 1.30 bits per heavy atom. The molecule has 0 aliphatic carbocycles. The molecule has 3 aromatic heterocycles. The first-order valence-electron chi connectivity index (χ1n) is 9.26. The van der Waals surface area contributed by atoms with Crippen LogP contribution >= 0.6 is 0 Å². The van der Waals surface area contributed by atoms with E-state index in [0.29, 0.717) is 24.2 Å². The van der Waals surface area contributed by atoms with E-state index >= 15 is 0 Å². The van der Waals surface area contributed by atoms with Crippen molar-refractivity contribution in [2.75, 3.05) is 13.1 Å². The zero-order valence-corrected chi connectivity index (χ0v) is 15.1. The minimum Gasteiger partial charge on any atom is -0.341 e. The molecule has 1 atom stereocenters. The minimum absolute atomic E-state index is 0.127. The lowest BCUT2D eigenvalue weighted by Gasteiger charge is -2.32. The fourth-order valence-electron chi connectivity index (χ4n) is 3.46. The molecule has 0 bridgehead atoms. The molecule has 1 aliphatic rings. The van der Waals surface area contributed by atoms with Crippen LogP contribution in [0.3, 0.4) is 0 Å². The number of rotatable bonds is 6. The Balaban J connectivity index is 1.29. The van der Waals surface area contributed by atoms with Crippen molar-refractivity contribution < 1.29 is 9.32 Å². The van der Waals surface area contributed by atoms with Gasteiger partial charge in [-0.2, -0.15) is 10.1 Å². The maximum atomic E-state index is 12.5. The maximum absolute atomic E-state index is 12.5. The maximum Gasteiger partial charge on any atom is 0.259 e. The Labute approximate surface area is 157 Å². The predicted molar refractivity (Wildman–Crippen MR) is 97.4 cm³/mol. The summed E-state index contributed by atoms with van der Waals surface area (Å²) < 4.78 is 7.01. The molecule has 4 heterocycles. The third-order valence-electron chi connectivity index (χ3n) is 4.88. The number of aromatic nitrogens is 5. The van der Waals surface area contributed by atoms with Gasteiger partial charge in [-0.3, -0.25) is 14.5 Å². The molecule has 8 nitrogen and oxygen atoms in total. The second kappa shape index (κ2) is 8.11. The highest BCUT2D eigenvalue weighted by atomic mass is 16.5. The van der Waals surface area contributed by atoms with Gasteiger partial charge in [0.25, 0.3) is 5.89 Å². The Morgan fingerprint density at radius 2 is 2.26 bits per heavy atom. The number of carbonyl (C=O) groups excluding carboxylic acids is 1. The lowest BCUT2D eigenvalue weighted by Crippen LogP contribution is -2.41. The van der Waals surface area contributed by atoms with Gasteiger partial charge < -0.3 is 9.42 Å². The van der Waals surface area contributed by atoms with Crippen LogP contribution in [0.2, 0.25) is 0 Å². The third-order valence-corrected chi connectivity index (χ3v) is 4.88. The summed E-state index contributed by atoms with van der Waals surface area (Å²) in [7, 11) is 0. The second-order valence-corrected chi connectivity index (χ2v) is 6.85. The Morgan fingerprint density at radius 3 is 3.07 bits per heavy atom. The summed E-state index contributed by atoms with van der Waals surface area (Å²) in [5.74, 6) is 1.79. The summed E-state index contributed by atoms with van der Waals surface area (Å²) in [6.07, 6.45) is 10.8. The molecule has 140 valence electrons. The number of carbonyl (C=O) groups is 1. The standard InChI is InChI=1S/C19H22N6O2/c26-18(14-25-11-3-9-21-25)24-10-2-4-15(13-24)6-7-17-22-19(27-23-17)16-5-1-8-20-12-16/h1,3,5,8-9,11-12,15H,2,4,6-7,10,13-14H2. The van der Waals surface area contributed by atoms with Crippen molar-refractivity contribution in [2.45, 2.75) is 32.2 Å². The van der Waals surface area contributed by atoms with Gasteiger partial charge in [0.05, 0.1) is 5.56 Å². The molecule has 4 rings (SSSR count). The summed E-state index contributed by atoms with van der Waals surface area (Å²) in [5, 5.41) is 8.19. The highest BCUT2D eigenvalue weighted by Gasteiger charge is 2.24. The number of likely N-dealkylation sites (tertiary alicyclic amines) is 1. The normalized spacial score (nSPS) is 17.2. The number of piperidine rings is 1. The number of hydrogen-bond donors (Lipinski definition) is 0. The van der Waals surface area contributed by atoms with E-state index in [1.54, 1.807) is 23.3 Å². The van der Waals surface area contributed by atoms with Crippen LogP contribution in [0.4, 0.5) is 0 Å². The van der Waals surface area contributed by atoms with Crippen molar-refractivity contribution in [3.8, 4) is 11.5 Å². The zero-order chi connectivity index (χ0) is 18.5. The van der Waals surface area contributed by atoms with Crippen LogP contribution in [0.1, 0.15) is 25.1 Å². The molecule has 0 radical (unpaired) electrons. The van der Waals surface area contributed by atoms with Crippen molar-refractivity contribution in [3.05, 3.63) is 48.8 Å². The molecule has 1 fully saturated rings. The van der Waals surface area contributed by atoms with E-state index < -0.39 is 0 Å². The van der Waals surface area contributed by atoms with E-state index in [0.717, 1.165) is 44.3 Å². The van der Waals surface area contributed by atoms with Crippen molar-refractivity contribution >= 4 is 5.91 Å². The summed E-state index contributed by atoms with van der Waals surface area (Å²) >= 11 is 0. The minimum atomic E-state index is 0.127. The lowest BCUT2D eigenvalue weighted by molar-refractivity contribution is -0.133. The molecule has 3 aromatic rings. The van der Waals surface area contributed by atoms with Gasteiger partial charge in [-0.1, -0.05) is 5.16 Å². The number of hydrogen-bond acceptors (Lipinski definition) is 6. The second-order valence-electron chi connectivity index (χ2n) is 6.85. The molecule has 27 heavy (non-hydrogen) atoms. The van der Waals surface area contributed by atoms with E-state index in [2.05, 4.69) is 20.2 Å². The zero-order valence-electron chi connectivity index (χ0n) is 15.1. The van der Waals surface area contributed by atoms with E-state index in [1.165, 1.54) is 0 Å². The smallest absolute Gasteiger partial charge is 0.259 e. The average Bonchev–Trinajstić information content (AvgIpc) is 3.39. The fourth-order valence-corrected chi connectivity index (χ4v) is 3.46. The van der Waals surface area contributed by atoms with Gasteiger partial charge in [0, 0.05) is 44.3 Å². The Kier molecular flexibility index (Phi) is 5.22. The highest BCUT2D eigenvalue weighted by Crippen LogP contribution is 2.22. The van der Waals surface area contributed by atoms with Crippen LogP contribution in [-0.4, -0.2) is 48.8 Å².